The number of nitriles is 1. The van der Waals surface area contributed by atoms with Gasteiger partial charge in [-0.15, -0.1) is 11.3 Å². The first-order valence-corrected chi connectivity index (χ1v) is 14.9. The zero-order valence-corrected chi connectivity index (χ0v) is 24.7. The molecule has 6 rings (SSSR count). The Labute approximate surface area is 253 Å². The zero-order valence-electron chi connectivity index (χ0n) is 23.1. The van der Waals surface area contributed by atoms with Crippen molar-refractivity contribution in [2.24, 2.45) is 5.41 Å². The summed E-state index contributed by atoms with van der Waals surface area (Å²) in [7, 11) is 1.22. The predicted octanol–water partition coefficient (Wildman–Crippen LogP) is 5.11. The number of pyridine rings is 1. The molecule has 0 radical (unpaired) electrons. The van der Waals surface area contributed by atoms with Crippen LogP contribution in [0.1, 0.15) is 17.7 Å². The van der Waals surface area contributed by atoms with Crippen LogP contribution in [0, 0.1) is 16.7 Å². The lowest BCUT2D eigenvalue weighted by atomic mass is 9.80. The average molecular weight is 625 g/mol. The molecule has 9 nitrogen and oxygen atoms in total. The van der Waals surface area contributed by atoms with Gasteiger partial charge in [0.25, 0.3) is 12.0 Å². The number of alkyl halides is 2. The lowest BCUT2D eigenvalue weighted by molar-refractivity contribution is 0.119. The molecule has 1 aromatic carbocycles. The van der Waals surface area contributed by atoms with Crippen LogP contribution in [0.25, 0.3) is 32.2 Å². The summed E-state index contributed by atoms with van der Waals surface area (Å²) >= 11 is 7.94. The number of nitrogens with one attached hydrogen (secondary N) is 1. The van der Waals surface area contributed by atoms with Gasteiger partial charge in [-0.1, -0.05) is 11.6 Å². The number of ether oxygens (including phenoxy) is 1. The Morgan fingerprint density at radius 3 is 2.67 bits per heavy atom. The van der Waals surface area contributed by atoms with Gasteiger partial charge in [0.1, 0.15) is 0 Å². The monoisotopic (exact) mass is 624 g/mol. The van der Waals surface area contributed by atoms with Gasteiger partial charge in [-0.2, -0.15) is 5.26 Å². The van der Waals surface area contributed by atoms with Crippen molar-refractivity contribution in [3.8, 4) is 23.1 Å². The molecule has 0 spiro atoms. The summed E-state index contributed by atoms with van der Waals surface area (Å²) < 4.78 is 36.0. The second-order valence-corrected chi connectivity index (χ2v) is 12.2. The van der Waals surface area contributed by atoms with Gasteiger partial charge in [-0.25, -0.2) is 13.6 Å². The van der Waals surface area contributed by atoms with E-state index in [2.05, 4.69) is 20.9 Å². The van der Waals surface area contributed by atoms with Gasteiger partial charge in [0, 0.05) is 45.4 Å². The molecule has 0 atom stereocenters. The highest BCUT2D eigenvalue weighted by Gasteiger charge is 2.33. The van der Waals surface area contributed by atoms with Crippen LogP contribution in [0.4, 0.5) is 8.78 Å². The van der Waals surface area contributed by atoms with Gasteiger partial charge >= 0.3 is 5.69 Å². The van der Waals surface area contributed by atoms with Crippen molar-refractivity contribution in [1.29, 1.82) is 5.26 Å². The van der Waals surface area contributed by atoms with Crippen molar-refractivity contribution < 1.29 is 13.5 Å². The Hall–Kier alpha value is -4.05. The molecular formula is C30H27ClF2N6O3S. The van der Waals surface area contributed by atoms with Crippen LogP contribution in [0.3, 0.4) is 0 Å². The number of fused-ring (bicyclic) bond motifs is 2. The van der Waals surface area contributed by atoms with Gasteiger partial charge in [0.15, 0.2) is 0 Å². The molecule has 1 fully saturated rings. The molecule has 5 heterocycles. The van der Waals surface area contributed by atoms with E-state index in [1.165, 1.54) is 18.4 Å². The van der Waals surface area contributed by atoms with E-state index in [0.717, 1.165) is 67.9 Å². The quantitative estimate of drug-likeness (QED) is 0.257. The normalized spacial score (nSPS) is 14.9. The Kier molecular flexibility index (Phi) is 7.81. The van der Waals surface area contributed by atoms with E-state index in [1.54, 1.807) is 12.3 Å². The van der Waals surface area contributed by atoms with Crippen LogP contribution in [0.15, 0.2) is 58.4 Å². The maximum Gasteiger partial charge on any atom is 0.334 e. The van der Waals surface area contributed by atoms with Crippen LogP contribution in [0.5, 0.6) is 5.88 Å². The Balaban J connectivity index is 1.45. The van der Waals surface area contributed by atoms with E-state index >= 15 is 0 Å². The number of methoxy groups -OCH3 is 1. The predicted molar refractivity (Wildman–Crippen MR) is 162 cm³/mol. The number of hydrogen-bond acceptors (Lipinski definition) is 7. The minimum absolute atomic E-state index is 0.120. The first-order valence-electron chi connectivity index (χ1n) is 13.7. The first-order chi connectivity index (χ1) is 20.7. The first kappa shape index (κ1) is 29.0. The molecule has 222 valence electrons. The van der Waals surface area contributed by atoms with Gasteiger partial charge in [0.05, 0.1) is 53.5 Å². The van der Waals surface area contributed by atoms with Crippen molar-refractivity contribution in [1.82, 2.24) is 24.0 Å². The molecule has 0 amide bonds. The third-order valence-corrected chi connectivity index (χ3v) is 9.29. The fourth-order valence-corrected chi connectivity index (χ4v) is 7.19. The molecule has 0 saturated carbocycles. The number of hydrogen-bond donors (Lipinski definition) is 1. The number of aromatic nitrogens is 4. The lowest BCUT2D eigenvalue weighted by Gasteiger charge is -2.32. The van der Waals surface area contributed by atoms with E-state index < -0.39 is 29.6 Å². The smallest absolute Gasteiger partial charge is 0.334 e. The summed E-state index contributed by atoms with van der Waals surface area (Å²) in [6.45, 7) is 1.11. The molecule has 0 bridgehead atoms. The van der Waals surface area contributed by atoms with Crippen molar-refractivity contribution in [3.63, 3.8) is 0 Å². The maximum atomic E-state index is 13.2. The van der Waals surface area contributed by atoms with Crippen LogP contribution in [-0.4, -0.2) is 45.3 Å². The van der Waals surface area contributed by atoms with Gasteiger partial charge < -0.3 is 14.6 Å². The zero-order chi connectivity index (χ0) is 30.3. The van der Waals surface area contributed by atoms with E-state index in [9.17, 15) is 23.6 Å². The topological polar surface area (TPSA) is 107 Å². The fraction of sp³-hybridized carbons (Fsp3) is 0.333. The van der Waals surface area contributed by atoms with Gasteiger partial charge in [0.2, 0.25) is 5.88 Å². The summed E-state index contributed by atoms with van der Waals surface area (Å²) in [6, 6.07) is 13.1. The van der Waals surface area contributed by atoms with Crippen LogP contribution in [-0.2, 0) is 19.6 Å². The molecule has 1 aliphatic heterocycles. The highest BCUT2D eigenvalue weighted by atomic mass is 35.5. The van der Waals surface area contributed by atoms with Gasteiger partial charge in [-0.05, 0) is 56.3 Å². The molecule has 43 heavy (non-hydrogen) atoms. The highest BCUT2D eigenvalue weighted by molar-refractivity contribution is 7.19. The lowest BCUT2D eigenvalue weighted by Crippen LogP contribution is -2.40. The average Bonchev–Trinajstić information content (AvgIpc) is 3.59. The summed E-state index contributed by atoms with van der Waals surface area (Å²) in [5.74, 6) is -0.220. The van der Waals surface area contributed by atoms with Gasteiger partial charge in [-0.3, -0.25) is 18.9 Å². The van der Waals surface area contributed by atoms with Crippen molar-refractivity contribution in [3.05, 3.63) is 79.5 Å². The Bertz CT molecular complexity index is 2000. The number of halogens is 3. The number of piperidine rings is 1. The maximum absolute atomic E-state index is 13.2. The van der Waals surface area contributed by atoms with E-state index in [0.29, 0.717) is 22.0 Å². The molecule has 0 aliphatic carbocycles. The van der Waals surface area contributed by atoms with E-state index in [-0.39, 0.29) is 12.4 Å². The third kappa shape index (κ3) is 5.44. The minimum Gasteiger partial charge on any atom is -0.482 e. The third-order valence-electron chi connectivity index (χ3n) is 7.93. The number of thiophene rings is 1. The Morgan fingerprint density at radius 2 is 1.95 bits per heavy atom. The van der Waals surface area contributed by atoms with Crippen LogP contribution < -0.4 is 21.3 Å². The van der Waals surface area contributed by atoms with E-state index in [4.69, 9.17) is 16.3 Å². The summed E-state index contributed by atoms with van der Waals surface area (Å²) in [6.07, 6.45) is 2.38. The van der Waals surface area contributed by atoms with Crippen molar-refractivity contribution in [2.75, 3.05) is 20.2 Å². The van der Waals surface area contributed by atoms with E-state index in [1.807, 2.05) is 30.5 Å². The number of rotatable bonds is 8. The molecule has 5 aromatic rings. The highest BCUT2D eigenvalue weighted by Crippen LogP contribution is 2.40. The standard InChI is InChI=1S/C30H27ClF2N6O3S/c1-42-26-13-25(40)38(29(41)39(26)15-24(32)33)14-20-12-23-28(43-20)21(2-6-36-23)22-11-19(31)10-18-3-9-37(27(18)22)17-30(16-34)4-7-35-8-5-30/h2-3,6,9-13,24,35H,4-5,7-8,14-15,17H2,1H3. The molecule has 13 heteroatoms. The Morgan fingerprint density at radius 1 is 1.16 bits per heavy atom. The SMILES string of the molecule is COc1cc(=O)n(Cc2cc3nccc(-c4cc(Cl)cc5ccn(CC6(C#N)CCNCC6)c45)c3s2)c(=O)n1CC(F)F. The second-order valence-electron chi connectivity index (χ2n) is 10.7. The van der Waals surface area contributed by atoms with Crippen molar-refractivity contribution in [2.45, 2.75) is 38.9 Å². The molecule has 1 N–H and O–H groups in total. The number of benzene rings is 1. The summed E-state index contributed by atoms with van der Waals surface area (Å²) in [5.41, 5.74) is 1.32. The number of nitrogens with zero attached hydrogens (tertiary/aromatic N) is 5. The molecule has 1 saturated heterocycles. The van der Waals surface area contributed by atoms with Crippen LogP contribution in [0.2, 0.25) is 5.02 Å². The minimum atomic E-state index is -2.81. The summed E-state index contributed by atoms with van der Waals surface area (Å²) in [5, 5.41) is 15.0. The fourth-order valence-electron chi connectivity index (χ4n) is 5.84. The molecule has 1 aliphatic rings. The second kappa shape index (κ2) is 11.6. The molecule has 0 unspecified atom stereocenters. The molecule has 4 aromatic heterocycles. The van der Waals surface area contributed by atoms with Crippen molar-refractivity contribution >= 4 is 44.1 Å². The largest absolute Gasteiger partial charge is 0.482 e. The molecular weight excluding hydrogens is 598 g/mol. The summed E-state index contributed by atoms with van der Waals surface area (Å²) in [4.78, 5) is 31.0. The van der Waals surface area contributed by atoms with Crippen LogP contribution >= 0.6 is 22.9 Å².